The van der Waals surface area contributed by atoms with E-state index in [1.165, 1.54) is 23.6 Å². The van der Waals surface area contributed by atoms with E-state index in [4.69, 9.17) is 4.84 Å². The van der Waals surface area contributed by atoms with Crippen LogP contribution in [0, 0.1) is 13.8 Å². The fraction of sp³-hybridized carbons (Fsp3) is 0.167. The van der Waals surface area contributed by atoms with Crippen LogP contribution in [0.2, 0.25) is 0 Å². The van der Waals surface area contributed by atoms with Crippen molar-refractivity contribution in [2.75, 3.05) is 5.32 Å². The number of anilines is 1. The molecule has 0 aliphatic carbocycles. The van der Waals surface area contributed by atoms with Crippen LogP contribution in [0.25, 0.3) is 0 Å². The van der Waals surface area contributed by atoms with E-state index in [1.54, 1.807) is 6.07 Å². The van der Waals surface area contributed by atoms with Crippen LogP contribution < -0.4 is 15.7 Å². The third kappa shape index (κ3) is 3.95. The van der Waals surface area contributed by atoms with Crippen LogP contribution in [0.1, 0.15) is 26.5 Å². The number of hydrogen-bond acceptors (Lipinski definition) is 5. The van der Waals surface area contributed by atoms with Gasteiger partial charge < -0.3 is 4.84 Å². The van der Waals surface area contributed by atoms with E-state index in [9.17, 15) is 9.59 Å². The van der Waals surface area contributed by atoms with Gasteiger partial charge in [-0.15, -0.1) is 11.3 Å². The van der Waals surface area contributed by atoms with Crippen LogP contribution in [0.3, 0.4) is 0 Å². The summed E-state index contributed by atoms with van der Waals surface area (Å²) in [4.78, 5) is 35.6. The van der Waals surface area contributed by atoms with Crippen molar-refractivity contribution in [3.8, 4) is 0 Å². The Morgan fingerprint density at radius 1 is 1.20 bits per heavy atom. The van der Waals surface area contributed by atoms with E-state index in [0.29, 0.717) is 5.13 Å². The van der Waals surface area contributed by atoms with Crippen LogP contribution in [0.5, 0.6) is 0 Å². The van der Waals surface area contributed by atoms with Crippen molar-refractivity contribution in [1.29, 1.82) is 0 Å². The molecule has 0 bridgehead atoms. The topological polar surface area (TPSA) is 73.2 Å². The molecule has 7 heteroatoms. The maximum absolute atomic E-state index is 12.5. The molecule has 0 spiro atoms. The number of hydrogen-bond donors (Lipinski definition) is 1. The predicted octanol–water partition coefficient (Wildman–Crippen LogP) is 2.80. The molecule has 0 aliphatic rings. The fourth-order valence-electron chi connectivity index (χ4n) is 2.16. The van der Waals surface area contributed by atoms with E-state index in [0.717, 1.165) is 20.9 Å². The number of amides is 1. The van der Waals surface area contributed by atoms with Crippen molar-refractivity contribution in [3.05, 3.63) is 80.7 Å². The Morgan fingerprint density at radius 3 is 2.64 bits per heavy atom. The summed E-state index contributed by atoms with van der Waals surface area (Å²) in [6.45, 7) is 4.03. The van der Waals surface area contributed by atoms with Crippen molar-refractivity contribution >= 4 is 22.4 Å². The van der Waals surface area contributed by atoms with Gasteiger partial charge in [-0.25, -0.2) is 4.98 Å². The van der Waals surface area contributed by atoms with Crippen LogP contribution in [0.4, 0.5) is 5.13 Å². The summed E-state index contributed by atoms with van der Waals surface area (Å²) in [5.74, 6) is -0.503. The third-order valence-corrected chi connectivity index (χ3v) is 4.61. The number of nitrogens with one attached hydrogen (secondary N) is 1. The number of thiazole rings is 1. The SMILES string of the molecule is Cc1nc(NC(=O)c2cccn(OCc3ccccc3)c2=O)sc1C. The molecule has 0 saturated heterocycles. The number of nitrogens with zero attached hydrogens (tertiary/aromatic N) is 2. The number of carbonyl (C=O) groups is 1. The molecule has 0 atom stereocenters. The molecule has 1 N–H and O–H groups in total. The van der Waals surface area contributed by atoms with Crippen LogP contribution in [-0.2, 0) is 6.61 Å². The first-order chi connectivity index (χ1) is 12.0. The molecule has 0 radical (unpaired) electrons. The number of pyridine rings is 1. The zero-order valence-corrected chi connectivity index (χ0v) is 14.7. The van der Waals surface area contributed by atoms with Gasteiger partial charge >= 0.3 is 0 Å². The molecule has 0 unspecified atom stereocenters. The van der Waals surface area contributed by atoms with Crippen LogP contribution in [-0.4, -0.2) is 15.6 Å². The van der Waals surface area contributed by atoms with E-state index < -0.39 is 11.5 Å². The first kappa shape index (κ1) is 16.9. The highest BCUT2D eigenvalue weighted by atomic mass is 32.1. The monoisotopic (exact) mass is 355 g/mol. The molecule has 1 aromatic carbocycles. The maximum Gasteiger partial charge on any atom is 0.295 e. The summed E-state index contributed by atoms with van der Waals surface area (Å²) in [5.41, 5.74) is 1.27. The Bertz CT molecular complexity index is 928. The second kappa shape index (κ2) is 7.31. The highest BCUT2D eigenvalue weighted by Crippen LogP contribution is 2.21. The zero-order chi connectivity index (χ0) is 17.8. The van der Waals surface area contributed by atoms with Gasteiger partial charge in [0, 0.05) is 11.1 Å². The van der Waals surface area contributed by atoms with Gasteiger partial charge in [-0.1, -0.05) is 30.3 Å². The normalized spacial score (nSPS) is 10.5. The summed E-state index contributed by atoms with van der Waals surface area (Å²) in [7, 11) is 0. The maximum atomic E-state index is 12.5. The van der Waals surface area contributed by atoms with Crippen molar-refractivity contribution in [1.82, 2.24) is 9.71 Å². The van der Waals surface area contributed by atoms with Crippen molar-refractivity contribution in [3.63, 3.8) is 0 Å². The Balaban J connectivity index is 1.76. The Morgan fingerprint density at radius 2 is 1.96 bits per heavy atom. The molecular weight excluding hydrogens is 338 g/mol. The minimum absolute atomic E-state index is 0.000989. The molecular formula is C18H17N3O3S. The summed E-state index contributed by atoms with van der Waals surface area (Å²) >= 11 is 1.37. The molecule has 1 amide bonds. The lowest BCUT2D eigenvalue weighted by Gasteiger charge is -2.09. The molecule has 128 valence electrons. The van der Waals surface area contributed by atoms with Gasteiger partial charge in [0.2, 0.25) is 0 Å². The molecule has 3 rings (SSSR count). The molecule has 6 nitrogen and oxygen atoms in total. The van der Waals surface area contributed by atoms with Crippen molar-refractivity contribution in [2.24, 2.45) is 0 Å². The minimum Gasteiger partial charge on any atom is -0.406 e. The number of benzene rings is 1. The number of aromatic nitrogens is 2. The minimum atomic E-state index is -0.513. The molecule has 25 heavy (non-hydrogen) atoms. The Kier molecular flexibility index (Phi) is 4.95. The van der Waals surface area contributed by atoms with Crippen LogP contribution in [0.15, 0.2) is 53.5 Å². The van der Waals surface area contributed by atoms with E-state index in [1.807, 2.05) is 44.2 Å². The predicted molar refractivity (Wildman–Crippen MR) is 97.0 cm³/mol. The van der Waals surface area contributed by atoms with E-state index in [-0.39, 0.29) is 12.2 Å². The lowest BCUT2D eigenvalue weighted by Crippen LogP contribution is -2.32. The molecule has 3 aromatic rings. The fourth-order valence-corrected chi connectivity index (χ4v) is 2.97. The summed E-state index contributed by atoms with van der Waals surface area (Å²) in [6, 6.07) is 12.5. The third-order valence-electron chi connectivity index (χ3n) is 3.62. The number of aryl methyl sites for hydroxylation is 2. The van der Waals surface area contributed by atoms with E-state index >= 15 is 0 Å². The smallest absolute Gasteiger partial charge is 0.295 e. The zero-order valence-electron chi connectivity index (χ0n) is 13.9. The van der Waals surface area contributed by atoms with Gasteiger partial charge in [-0.05, 0) is 31.5 Å². The highest BCUT2D eigenvalue weighted by molar-refractivity contribution is 7.15. The molecule has 2 heterocycles. The first-order valence-corrected chi connectivity index (χ1v) is 8.50. The second-order valence-corrected chi connectivity index (χ2v) is 6.63. The Hall–Kier alpha value is -2.93. The molecule has 2 aromatic heterocycles. The van der Waals surface area contributed by atoms with Gasteiger partial charge in [-0.3, -0.25) is 14.9 Å². The molecule has 0 fully saturated rings. The van der Waals surface area contributed by atoms with Crippen molar-refractivity contribution < 1.29 is 9.63 Å². The van der Waals surface area contributed by atoms with Crippen LogP contribution >= 0.6 is 11.3 Å². The van der Waals surface area contributed by atoms with Gasteiger partial charge in [0.05, 0.1) is 5.69 Å². The standard InChI is InChI=1S/C18H17N3O3S/c1-12-13(2)25-18(19-12)20-16(22)15-9-6-10-21(17(15)23)24-11-14-7-4-3-5-8-14/h3-10H,11H2,1-2H3,(H,19,20,22). The molecule has 0 aliphatic heterocycles. The summed E-state index contributed by atoms with van der Waals surface area (Å²) in [6.07, 6.45) is 1.49. The number of rotatable bonds is 5. The second-order valence-electron chi connectivity index (χ2n) is 5.43. The van der Waals surface area contributed by atoms with Gasteiger partial charge in [-0.2, -0.15) is 4.73 Å². The summed E-state index contributed by atoms with van der Waals surface area (Å²) < 4.78 is 1.07. The quantitative estimate of drug-likeness (QED) is 0.764. The largest absolute Gasteiger partial charge is 0.406 e. The van der Waals surface area contributed by atoms with Gasteiger partial charge in [0.25, 0.3) is 11.5 Å². The molecule has 0 saturated carbocycles. The first-order valence-electron chi connectivity index (χ1n) is 7.69. The average Bonchev–Trinajstić information content (AvgIpc) is 2.92. The highest BCUT2D eigenvalue weighted by Gasteiger charge is 2.15. The number of carbonyl (C=O) groups excluding carboxylic acids is 1. The lowest BCUT2D eigenvalue weighted by atomic mass is 10.2. The average molecular weight is 355 g/mol. The summed E-state index contributed by atoms with van der Waals surface area (Å²) in [5, 5.41) is 3.13. The van der Waals surface area contributed by atoms with Gasteiger partial charge in [0.1, 0.15) is 12.2 Å². The van der Waals surface area contributed by atoms with E-state index in [2.05, 4.69) is 10.3 Å². The van der Waals surface area contributed by atoms with Crippen molar-refractivity contribution in [2.45, 2.75) is 20.5 Å². The van der Waals surface area contributed by atoms with Gasteiger partial charge in [0.15, 0.2) is 5.13 Å². The Labute approximate surface area is 148 Å². The lowest BCUT2D eigenvalue weighted by molar-refractivity contribution is 0.0863.